The summed E-state index contributed by atoms with van der Waals surface area (Å²) in [7, 11) is 1.53. The Bertz CT molecular complexity index is 400. The van der Waals surface area contributed by atoms with E-state index in [1.165, 1.54) is 23.3 Å². The van der Waals surface area contributed by atoms with E-state index in [-0.39, 0.29) is 18.9 Å². The lowest BCUT2D eigenvalue weighted by atomic mass is 10.3. The van der Waals surface area contributed by atoms with Crippen LogP contribution in [-0.2, 0) is 6.42 Å². The number of ketones is 1. The van der Waals surface area contributed by atoms with Gasteiger partial charge in [0.1, 0.15) is 0 Å². The van der Waals surface area contributed by atoms with Crippen LogP contribution in [0.5, 0.6) is 0 Å². The lowest BCUT2D eigenvalue weighted by molar-refractivity contribution is -0.137. The fraction of sp³-hybridized carbons (Fsp3) is 0.583. The van der Waals surface area contributed by atoms with Crippen molar-refractivity contribution in [1.29, 1.82) is 0 Å². The minimum absolute atomic E-state index is 0.0275. The highest BCUT2D eigenvalue weighted by Crippen LogP contribution is 2.20. The molecule has 1 aromatic rings. The van der Waals surface area contributed by atoms with Crippen LogP contribution in [0, 0.1) is 0 Å². The van der Waals surface area contributed by atoms with E-state index in [0.717, 1.165) is 11.3 Å². The molecular weight excluding hydrogens is 263 g/mol. The van der Waals surface area contributed by atoms with Crippen LogP contribution in [0.2, 0.25) is 0 Å². The van der Waals surface area contributed by atoms with Crippen molar-refractivity contribution in [3.63, 3.8) is 0 Å². The van der Waals surface area contributed by atoms with E-state index in [1.54, 1.807) is 6.07 Å². The minimum Gasteiger partial charge on any atom is -0.299 e. The van der Waals surface area contributed by atoms with Crippen molar-refractivity contribution in [3.05, 3.63) is 21.9 Å². The van der Waals surface area contributed by atoms with E-state index in [1.807, 2.05) is 13.0 Å². The zero-order valence-corrected chi connectivity index (χ0v) is 11.2. The number of rotatable bonds is 6. The molecule has 102 valence electrons. The molecule has 0 aromatic carbocycles. The molecule has 0 radical (unpaired) electrons. The summed E-state index contributed by atoms with van der Waals surface area (Å²) in [5.74, 6) is -0.121. The van der Waals surface area contributed by atoms with Crippen LogP contribution in [0.1, 0.15) is 27.9 Å². The monoisotopic (exact) mass is 279 g/mol. The molecule has 0 atom stereocenters. The maximum absolute atomic E-state index is 12.0. The molecule has 0 aliphatic heterocycles. The summed E-state index contributed by atoms with van der Waals surface area (Å²) in [6, 6.07) is 3.62. The Balaban J connectivity index is 2.44. The number of alkyl halides is 3. The Labute approximate surface area is 108 Å². The van der Waals surface area contributed by atoms with E-state index in [4.69, 9.17) is 0 Å². The Morgan fingerprint density at radius 2 is 2.06 bits per heavy atom. The van der Waals surface area contributed by atoms with Gasteiger partial charge in [-0.1, -0.05) is 6.92 Å². The summed E-state index contributed by atoms with van der Waals surface area (Å²) in [5, 5.41) is 0. The molecular formula is C12H16F3NOS. The number of carbonyl (C=O) groups excluding carboxylic acids is 1. The Hall–Kier alpha value is -0.880. The molecule has 0 N–H and O–H groups in total. The maximum atomic E-state index is 12.0. The summed E-state index contributed by atoms with van der Waals surface area (Å²) < 4.78 is 36.0. The van der Waals surface area contributed by atoms with Crippen molar-refractivity contribution in [2.45, 2.75) is 25.9 Å². The van der Waals surface area contributed by atoms with Gasteiger partial charge in [0.15, 0.2) is 5.78 Å². The third-order valence-electron chi connectivity index (χ3n) is 2.48. The van der Waals surface area contributed by atoms with Crippen LogP contribution >= 0.6 is 11.3 Å². The first kappa shape index (κ1) is 15.2. The average molecular weight is 279 g/mol. The number of carbonyl (C=O) groups is 1. The van der Waals surface area contributed by atoms with E-state index < -0.39 is 12.6 Å². The summed E-state index contributed by atoms with van der Waals surface area (Å²) in [6.07, 6.45) is -4.20. The summed E-state index contributed by atoms with van der Waals surface area (Å²) in [6.45, 7) is 1.87. The van der Waals surface area contributed by atoms with Crippen molar-refractivity contribution in [2.75, 3.05) is 20.1 Å². The van der Waals surface area contributed by atoms with Crippen molar-refractivity contribution in [3.8, 4) is 0 Å². The van der Waals surface area contributed by atoms with Gasteiger partial charge in [0.05, 0.1) is 17.8 Å². The summed E-state index contributed by atoms with van der Waals surface area (Å²) in [5.41, 5.74) is 0. The number of likely N-dealkylation sites (N-methyl/N-ethyl adjacent to an activating group) is 1. The molecule has 1 heterocycles. The van der Waals surface area contributed by atoms with Crippen LogP contribution in [0.3, 0.4) is 0 Å². The minimum atomic E-state index is -4.17. The summed E-state index contributed by atoms with van der Waals surface area (Å²) >= 11 is 1.41. The van der Waals surface area contributed by atoms with Gasteiger partial charge in [0.2, 0.25) is 0 Å². The fourth-order valence-electron chi connectivity index (χ4n) is 1.44. The quantitative estimate of drug-likeness (QED) is 0.744. The smallest absolute Gasteiger partial charge is 0.299 e. The van der Waals surface area contributed by atoms with Gasteiger partial charge < -0.3 is 0 Å². The molecule has 1 rings (SSSR count). The zero-order chi connectivity index (χ0) is 13.8. The molecule has 0 aliphatic rings. The zero-order valence-electron chi connectivity index (χ0n) is 10.4. The molecule has 0 amide bonds. The fourth-order valence-corrected chi connectivity index (χ4v) is 2.31. The second kappa shape index (κ2) is 6.33. The van der Waals surface area contributed by atoms with Crippen molar-refractivity contribution in [1.82, 2.24) is 4.90 Å². The lowest BCUT2D eigenvalue weighted by Gasteiger charge is -2.16. The number of nitrogens with zero attached hydrogens (tertiary/aromatic N) is 1. The van der Waals surface area contributed by atoms with E-state index >= 15 is 0 Å². The number of hydrogen-bond acceptors (Lipinski definition) is 3. The molecule has 2 nitrogen and oxygen atoms in total. The average Bonchev–Trinajstić information content (AvgIpc) is 2.74. The molecule has 0 fully saturated rings. The molecule has 0 saturated carbocycles. The molecule has 6 heteroatoms. The number of halogens is 3. The van der Waals surface area contributed by atoms with Crippen molar-refractivity contribution < 1.29 is 18.0 Å². The standard InChI is InChI=1S/C12H16F3NOS/c1-3-9-4-5-11(18-9)10(17)8-16(2)7-6-12(13,14)15/h4-5H,3,6-8H2,1-2H3. The predicted octanol–water partition coefficient (Wildman–Crippen LogP) is 3.38. The number of thiophene rings is 1. The molecule has 0 bridgehead atoms. The molecule has 0 spiro atoms. The Morgan fingerprint density at radius 1 is 1.39 bits per heavy atom. The number of aryl methyl sites for hydroxylation is 1. The third kappa shape index (κ3) is 5.18. The lowest BCUT2D eigenvalue weighted by Crippen LogP contribution is -2.29. The maximum Gasteiger partial charge on any atom is 0.390 e. The molecule has 1 aromatic heterocycles. The SMILES string of the molecule is CCc1ccc(C(=O)CN(C)CCC(F)(F)F)s1. The van der Waals surface area contributed by atoms with Crippen molar-refractivity contribution >= 4 is 17.1 Å². The normalized spacial score (nSPS) is 12.1. The van der Waals surface area contributed by atoms with Crippen LogP contribution in [0.4, 0.5) is 13.2 Å². The predicted molar refractivity (Wildman–Crippen MR) is 66.2 cm³/mol. The molecule has 0 unspecified atom stereocenters. The largest absolute Gasteiger partial charge is 0.390 e. The third-order valence-corrected chi connectivity index (χ3v) is 3.75. The van der Waals surface area contributed by atoms with Gasteiger partial charge in [-0.25, -0.2) is 0 Å². The van der Waals surface area contributed by atoms with Gasteiger partial charge >= 0.3 is 6.18 Å². The van der Waals surface area contributed by atoms with Crippen LogP contribution in [-0.4, -0.2) is 37.0 Å². The van der Waals surface area contributed by atoms with E-state index in [9.17, 15) is 18.0 Å². The first-order valence-corrected chi connectivity index (χ1v) is 6.50. The Kier molecular flexibility index (Phi) is 5.34. The van der Waals surface area contributed by atoms with E-state index in [0.29, 0.717) is 4.88 Å². The van der Waals surface area contributed by atoms with Crippen LogP contribution in [0.15, 0.2) is 12.1 Å². The van der Waals surface area contributed by atoms with Gasteiger partial charge in [-0.05, 0) is 25.6 Å². The van der Waals surface area contributed by atoms with Gasteiger partial charge in [0, 0.05) is 11.4 Å². The summed E-state index contributed by atoms with van der Waals surface area (Å²) in [4.78, 5) is 14.9. The highest BCUT2D eigenvalue weighted by Gasteiger charge is 2.27. The van der Waals surface area contributed by atoms with Gasteiger partial charge in [0.25, 0.3) is 0 Å². The van der Waals surface area contributed by atoms with Crippen molar-refractivity contribution in [2.24, 2.45) is 0 Å². The Morgan fingerprint density at radius 3 is 2.56 bits per heavy atom. The van der Waals surface area contributed by atoms with Gasteiger partial charge in [-0.15, -0.1) is 11.3 Å². The highest BCUT2D eigenvalue weighted by molar-refractivity contribution is 7.14. The highest BCUT2D eigenvalue weighted by atomic mass is 32.1. The first-order valence-electron chi connectivity index (χ1n) is 5.69. The number of hydrogen-bond donors (Lipinski definition) is 0. The number of Topliss-reactive ketones (excluding diaryl/α,β-unsaturated/α-hetero) is 1. The molecule has 18 heavy (non-hydrogen) atoms. The van der Waals surface area contributed by atoms with Crippen LogP contribution in [0.25, 0.3) is 0 Å². The topological polar surface area (TPSA) is 20.3 Å². The second-order valence-electron chi connectivity index (χ2n) is 4.15. The van der Waals surface area contributed by atoms with Gasteiger partial charge in [-0.3, -0.25) is 9.69 Å². The second-order valence-corrected chi connectivity index (χ2v) is 5.31. The van der Waals surface area contributed by atoms with E-state index in [2.05, 4.69) is 0 Å². The molecule has 0 saturated heterocycles. The molecule has 0 aliphatic carbocycles. The van der Waals surface area contributed by atoms with Crippen LogP contribution < -0.4 is 0 Å². The van der Waals surface area contributed by atoms with Gasteiger partial charge in [-0.2, -0.15) is 13.2 Å². The first-order chi connectivity index (χ1) is 8.31.